The van der Waals surface area contributed by atoms with Crippen molar-refractivity contribution in [2.24, 2.45) is 46.3 Å². The normalized spacial score (nSPS) is 25.8. The number of allylic oxidation sites excluding steroid dienone is 1. The molecule has 19 nitrogen and oxygen atoms in total. The highest BCUT2D eigenvalue weighted by Crippen LogP contribution is 2.67. The van der Waals surface area contributed by atoms with E-state index in [0.29, 0.717) is 108 Å². The summed E-state index contributed by atoms with van der Waals surface area (Å²) >= 11 is 0. The van der Waals surface area contributed by atoms with Gasteiger partial charge < -0.3 is 70.5 Å². The zero-order valence-corrected chi connectivity index (χ0v) is 49.7. The van der Waals surface area contributed by atoms with Crippen LogP contribution in [0, 0.1) is 46.3 Å². The van der Waals surface area contributed by atoms with E-state index >= 15 is 0 Å². The van der Waals surface area contributed by atoms with Gasteiger partial charge in [0.05, 0.1) is 146 Å². The minimum Gasteiger partial charge on any atom is -0.756 e. The van der Waals surface area contributed by atoms with E-state index in [1.807, 2.05) is 21.1 Å². The number of rotatable bonds is 43. The molecule has 448 valence electrons. The van der Waals surface area contributed by atoms with Crippen molar-refractivity contribution in [1.29, 1.82) is 0 Å². The molecule has 4 rings (SSSR count). The number of hydrogen-bond acceptors (Lipinski definition) is 18. The first-order valence-electron chi connectivity index (χ1n) is 28.9. The Labute approximate surface area is 462 Å². The maximum Gasteiger partial charge on any atom is 0.308 e. The number of methoxy groups -OCH3 is 1. The number of likely N-dealkylation sites (N-methyl/N-ethyl adjacent to an activating group) is 1. The summed E-state index contributed by atoms with van der Waals surface area (Å²) in [5.74, 6) is 2.57. The van der Waals surface area contributed by atoms with Crippen LogP contribution in [0.1, 0.15) is 125 Å². The fraction of sp³-hybridized carbons (Fsp3) is 0.912. The number of carbonyl (C=O) groups excluding carboxylic acids is 3. The Bertz CT molecular complexity index is 1760. The van der Waals surface area contributed by atoms with E-state index in [1.54, 1.807) is 7.11 Å². The molecule has 4 aliphatic carbocycles. The second kappa shape index (κ2) is 35.7. The molecule has 0 aromatic heterocycles. The largest absolute Gasteiger partial charge is 0.756 e. The van der Waals surface area contributed by atoms with Gasteiger partial charge in [-0.05, 0) is 91.3 Å². The molecule has 0 N–H and O–H groups in total. The van der Waals surface area contributed by atoms with Crippen LogP contribution in [0.25, 0.3) is 0 Å². The fourth-order valence-electron chi connectivity index (χ4n) is 12.2. The number of carbonyl (C=O) groups is 3. The number of fused-ring (bicyclic) bond motifs is 5. The zero-order chi connectivity index (χ0) is 56.2. The summed E-state index contributed by atoms with van der Waals surface area (Å²) in [6, 6.07) is 0. The van der Waals surface area contributed by atoms with Crippen LogP contribution in [-0.4, -0.2) is 188 Å². The van der Waals surface area contributed by atoms with Crippen LogP contribution in [0.3, 0.4) is 0 Å². The molecule has 3 unspecified atom stereocenters. The van der Waals surface area contributed by atoms with Gasteiger partial charge in [0.2, 0.25) is 0 Å². The molecule has 0 amide bonds. The van der Waals surface area contributed by atoms with Gasteiger partial charge in [-0.3, -0.25) is 18.9 Å². The Morgan fingerprint density at radius 3 is 1.81 bits per heavy atom. The predicted molar refractivity (Wildman–Crippen MR) is 288 cm³/mol. The van der Waals surface area contributed by atoms with Crippen LogP contribution < -0.4 is 4.89 Å². The monoisotopic (exact) mass is 1120 g/mol. The number of phosphoric acid groups is 1. The molecule has 10 atom stereocenters. The number of nitrogens with zero attached hydrogens (tertiary/aromatic N) is 1. The lowest BCUT2D eigenvalue weighted by molar-refractivity contribution is -0.870. The lowest BCUT2D eigenvalue weighted by Gasteiger charge is -2.58. The minimum absolute atomic E-state index is 0.00204. The van der Waals surface area contributed by atoms with Crippen molar-refractivity contribution in [2.75, 3.05) is 154 Å². The van der Waals surface area contributed by atoms with Gasteiger partial charge in [-0.25, -0.2) is 0 Å². The second-order valence-corrected chi connectivity index (χ2v) is 25.0. The van der Waals surface area contributed by atoms with E-state index in [2.05, 4.69) is 40.7 Å². The molecule has 3 fully saturated rings. The predicted octanol–water partition coefficient (Wildman–Crippen LogP) is 7.54. The summed E-state index contributed by atoms with van der Waals surface area (Å²) in [6.07, 6.45) is 13.2. The molecule has 77 heavy (non-hydrogen) atoms. The Hall–Kier alpha value is -2.10. The van der Waals surface area contributed by atoms with Gasteiger partial charge in [0.25, 0.3) is 7.82 Å². The number of esters is 3. The molecule has 0 aliphatic heterocycles. The van der Waals surface area contributed by atoms with Crippen LogP contribution in [0.5, 0.6) is 0 Å². The van der Waals surface area contributed by atoms with Gasteiger partial charge >= 0.3 is 17.9 Å². The number of quaternary nitrogens is 1. The summed E-state index contributed by atoms with van der Waals surface area (Å²) in [5.41, 5.74) is 1.97. The lowest BCUT2D eigenvalue weighted by Crippen LogP contribution is -2.51. The molecule has 20 heteroatoms. The Morgan fingerprint density at radius 1 is 0.662 bits per heavy atom. The summed E-state index contributed by atoms with van der Waals surface area (Å²) < 4.78 is 83.0. The van der Waals surface area contributed by atoms with Crippen LogP contribution in [-0.2, 0) is 80.1 Å². The van der Waals surface area contributed by atoms with Crippen LogP contribution >= 0.6 is 7.82 Å². The van der Waals surface area contributed by atoms with Crippen molar-refractivity contribution in [2.45, 2.75) is 137 Å². The smallest absolute Gasteiger partial charge is 0.308 e. The Morgan fingerprint density at radius 2 is 1.23 bits per heavy atom. The molecule has 0 radical (unpaired) electrons. The quantitative estimate of drug-likeness (QED) is 0.0144. The second-order valence-electron chi connectivity index (χ2n) is 23.6. The summed E-state index contributed by atoms with van der Waals surface area (Å²) in [4.78, 5) is 51.5. The summed E-state index contributed by atoms with van der Waals surface area (Å²) in [6.45, 7) is 17.4. The van der Waals surface area contributed by atoms with Crippen molar-refractivity contribution < 1.29 is 89.5 Å². The van der Waals surface area contributed by atoms with Crippen LogP contribution in [0.2, 0.25) is 0 Å². The molecule has 0 aromatic rings. The van der Waals surface area contributed by atoms with Gasteiger partial charge in [-0.1, -0.05) is 65.5 Å². The Kier molecular flexibility index (Phi) is 31.2. The van der Waals surface area contributed by atoms with E-state index in [1.165, 1.54) is 50.5 Å². The highest BCUT2D eigenvalue weighted by Gasteiger charge is 2.59. The SMILES string of the molecule is COCCOCCOCCOCCOCCOCCOCCOCCC(=O)OC(COC(=O)CCC(=O)OC1CC[C@]2(C)C(=CC[C@@H]3[C@H]4CC[C@@H]([C@@H](C)CCCC(C)C)[C@]4(C)CC[C@H]32)C1)COP(=O)([O-])OCC[N+](C)(C)C. The third-order valence-corrected chi connectivity index (χ3v) is 17.3. The minimum atomic E-state index is -4.79. The average molecular weight is 1120 g/mol. The molecule has 0 aromatic carbocycles. The first-order chi connectivity index (χ1) is 36.8. The van der Waals surface area contributed by atoms with E-state index in [-0.39, 0.29) is 57.2 Å². The average Bonchev–Trinajstić information content (AvgIpc) is 3.95. The highest BCUT2D eigenvalue weighted by atomic mass is 31.2. The lowest BCUT2D eigenvalue weighted by atomic mass is 9.47. The fourth-order valence-corrected chi connectivity index (χ4v) is 12.9. The topological polar surface area (TPSA) is 211 Å². The zero-order valence-electron chi connectivity index (χ0n) is 48.8. The van der Waals surface area contributed by atoms with Crippen molar-refractivity contribution in [1.82, 2.24) is 0 Å². The van der Waals surface area contributed by atoms with Crippen LogP contribution in [0.15, 0.2) is 11.6 Å². The van der Waals surface area contributed by atoms with Crippen LogP contribution in [0.4, 0.5) is 0 Å². The summed E-state index contributed by atoms with van der Waals surface area (Å²) in [7, 11) is 2.49. The van der Waals surface area contributed by atoms with Crippen molar-refractivity contribution in [3.05, 3.63) is 11.6 Å². The standard InChI is InChI=1S/C57H102NO18P/c1-44(2)11-10-12-45(3)50-15-16-51-49-14-13-46-41-47(19-22-56(46,4)52(49)20-23-57(50,51)5)75-54(60)18-17-53(59)72-42-48(43-74-77(62,63)73-26-24-58(6,7)8)76-55(61)21-25-65-29-30-67-33-34-69-37-38-71-40-39-70-36-35-68-32-31-66-28-27-64-9/h13,44-45,47-52H,10-12,14-43H2,1-9H3/t45-,47?,48?,49+,50-,51+,52+,56+,57-/m0/s1. The number of phosphoric ester groups is 1. The van der Waals surface area contributed by atoms with E-state index < -0.39 is 45.0 Å². The van der Waals surface area contributed by atoms with Gasteiger partial charge in [0.1, 0.15) is 25.9 Å². The molecular formula is C57H102NO18P. The molecule has 0 spiro atoms. The van der Waals surface area contributed by atoms with Gasteiger partial charge in [0.15, 0.2) is 6.10 Å². The molecule has 0 bridgehead atoms. The molecule has 4 aliphatic rings. The van der Waals surface area contributed by atoms with Crippen molar-refractivity contribution >= 4 is 25.7 Å². The molecule has 3 saturated carbocycles. The molecular weight excluding hydrogens is 1020 g/mol. The maximum absolute atomic E-state index is 13.1. The van der Waals surface area contributed by atoms with E-state index in [9.17, 15) is 23.8 Å². The molecule has 0 saturated heterocycles. The summed E-state index contributed by atoms with van der Waals surface area (Å²) in [5, 5.41) is 0. The first kappa shape index (κ1) is 67.4. The van der Waals surface area contributed by atoms with E-state index in [0.717, 1.165) is 49.4 Å². The van der Waals surface area contributed by atoms with Gasteiger partial charge in [-0.2, -0.15) is 0 Å². The first-order valence-corrected chi connectivity index (χ1v) is 30.4. The third-order valence-electron chi connectivity index (χ3n) is 16.4. The maximum atomic E-state index is 13.1. The van der Waals surface area contributed by atoms with Crippen molar-refractivity contribution in [3.63, 3.8) is 0 Å². The van der Waals surface area contributed by atoms with Gasteiger partial charge in [-0.15, -0.1) is 0 Å². The third kappa shape index (κ3) is 25.3. The van der Waals surface area contributed by atoms with Gasteiger partial charge in [0, 0.05) is 13.5 Å². The van der Waals surface area contributed by atoms with E-state index in [4.69, 9.17) is 61.2 Å². The highest BCUT2D eigenvalue weighted by molar-refractivity contribution is 7.45. The van der Waals surface area contributed by atoms with Crippen molar-refractivity contribution in [3.8, 4) is 0 Å². The Balaban J connectivity index is 1.10. The number of ether oxygens (including phenoxy) is 11. The molecule has 0 heterocycles. The number of hydrogen-bond donors (Lipinski definition) is 0.